The minimum absolute atomic E-state index is 0.186. The summed E-state index contributed by atoms with van der Waals surface area (Å²) in [6, 6.07) is 6.12. The van der Waals surface area contributed by atoms with Crippen molar-refractivity contribution in [2.45, 2.75) is 32.5 Å². The van der Waals surface area contributed by atoms with Crippen LogP contribution in [0.2, 0.25) is 0 Å². The summed E-state index contributed by atoms with van der Waals surface area (Å²) in [7, 11) is 1.63. The maximum Gasteiger partial charge on any atom is 0.129 e. The van der Waals surface area contributed by atoms with Crippen molar-refractivity contribution >= 4 is 0 Å². The highest BCUT2D eigenvalue weighted by molar-refractivity contribution is 5.06. The monoisotopic (exact) mass is 208 g/mol. The third-order valence-electron chi connectivity index (χ3n) is 2.03. The normalized spacial score (nSPS) is 12.3. The van der Waals surface area contributed by atoms with Crippen LogP contribution in [0.25, 0.3) is 0 Å². The number of methoxy groups -OCH3 is 1. The lowest BCUT2D eigenvalue weighted by Gasteiger charge is -2.07. The van der Waals surface area contributed by atoms with E-state index in [0.717, 1.165) is 11.5 Å². The van der Waals surface area contributed by atoms with Gasteiger partial charge in [-0.25, -0.2) is 0 Å². The van der Waals surface area contributed by atoms with E-state index < -0.39 is 0 Å². The van der Waals surface area contributed by atoms with Crippen molar-refractivity contribution in [3.05, 3.63) is 23.7 Å². The van der Waals surface area contributed by atoms with E-state index in [2.05, 4.69) is 11.4 Å². The molecule has 1 rings (SSSR count). The maximum absolute atomic E-state index is 8.48. The van der Waals surface area contributed by atoms with Crippen LogP contribution < -0.4 is 5.32 Å². The molecule has 1 unspecified atom stereocenters. The van der Waals surface area contributed by atoms with Gasteiger partial charge in [-0.1, -0.05) is 0 Å². The molecular formula is C11H16N2O2. The Morgan fingerprint density at radius 3 is 2.93 bits per heavy atom. The first-order valence-electron chi connectivity index (χ1n) is 4.93. The average molecular weight is 208 g/mol. The molecule has 0 spiro atoms. The molecule has 1 N–H and O–H groups in total. The SMILES string of the molecule is COCc1ccc(CNC(C)CC#N)o1. The van der Waals surface area contributed by atoms with Crippen molar-refractivity contribution in [2.24, 2.45) is 0 Å². The van der Waals surface area contributed by atoms with E-state index in [9.17, 15) is 0 Å². The van der Waals surface area contributed by atoms with Crippen molar-refractivity contribution < 1.29 is 9.15 Å². The molecule has 82 valence electrons. The third-order valence-corrected chi connectivity index (χ3v) is 2.03. The molecule has 15 heavy (non-hydrogen) atoms. The number of nitriles is 1. The molecule has 1 aromatic heterocycles. The molecule has 0 aliphatic rings. The van der Waals surface area contributed by atoms with Crippen LogP contribution in [0.5, 0.6) is 0 Å². The largest absolute Gasteiger partial charge is 0.462 e. The van der Waals surface area contributed by atoms with Gasteiger partial charge < -0.3 is 14.5 Å². The van der Waals surface area contributed by atoms with Gasteiger partial charge in [-0.3, -0.25) is 0 Å². The highest BCUT2D eigenvalue weighted by Gasteiger charge is 2.04. The van der Waals surface area contributed by atoms with Crippen LogP contribution in [0.4, 0.5) is 0 Å². The molecule has 1 aromatic rings. The summed E-state index contributed by atoms with van der Waals surface area (Å²) >= 11 is 0. The molecule has 1 atom stereocenters. The summed E-state index contributed by atoms with van der Waals surface area (Å²) < 4.78 is 10.4. The van der Waals surface area contributed by atoms with E-state index in [1.165, 1.54) is 0 Å². The number of rotatable bonds is 6. The van der Waals surface area contributed by atoms with Gasteiger partial charge in [-0.05, 0) is 19.1 Å². The molecule has 0 fully saturated rings. The van der Waals surface area contributed by atoms with Gasteiger partial charge in [-0.15, -0.1) is 0 Å². The first-order chi connectivity index (χ1) is 7.26. The Kier molecular flexibility index (Phi) is 4.88. The van der Waals surface area contributed by atoms with Gasteiger partial charge in [0.1, 0.15) is 18.1 Å². The van der Waals surface area contributed by atoms with E-state index in [-0.39, 0.29) is 6.04 Å². The topological polar surface area (TPSA) is 58.2 Å². The summed E-state index contributed by atoms with van der Waals surface area (Å²) in [4.78, 5) is 0. The quantitative estimate of drug-likeness (QED) is 0.774. The molecule has 0 radical (unpaired) electrons. The van der Waals surface area contributed by atoms with Crippen molar-refractivity contribution in [1.82, 2.24) is 5.32 Å². The molecule has 0 aliphatic heterocycles. The number of nitrogens with zero attached hydrogens (tertiary/aromatic N) is 1. The number of hydrogen-bond acceptors (Lipinski definition) is 4. The molecule has 0 aromatic carbocycles. The van der Waals surface area contributed by atoms with Gasteiger partial charge in [-0.2, -0.15) is 5.26 Å². The number of ether oxygens (including phenoxy) is 1. The van der Waals surface area contributed by atoms with Gasteiger partial charge in [0.15, 0.2) is 0 Å². The molecule has 0 saturated carbocycles. The second-order valence-corrected chi connectivity index (χ2v) is 3.45. The van der Waals surface area contributed by atoms with Gasteiger partial charge in [0.2, 0.25) is 0 Å². The van der Waals surface area contributed by atoms with E-state index >= 15 is 0 Å². The highest BCUT2D eigenvalue weighted by atomic mass is 16.5. The van der Waals surface area contributed by atoms with Gasteiger partial charge in [0, 0.05) is 13.2 Å². The Balaban J connectivity index is 2.34. The number of furan rings is 1. The zero-order valence-corrected chi connectivity index (χ0v) is 9.12. The Morgan fingerprint density at radius 1 is 1.53 bits per heavy atom. The van der Waals surface area contributed by atoms with Crippen LogP contribution >= 0.6 is 0 Å². The fourth-order valence-corrected chi connectivity index (χ4v) is 1.22. The Bertz CT molecular complexity index is 328. The number of nitrogens with one attached hydrogen (secondary N) is 1. The van der Waals surface area contributed by atoms with Crippen LogP contribution in [0.1, 0.15) is 24.9 Å². The van der Waals surface area contributed by atoms with Crippen LogP contribution in [-0.2, 0) is 17.9 Å². The standard InChI is InChI=1S/C11H16N2O2/c1-9(5-6-12)13-7-10-3-4-11(15-10)8-14-2/h3-4,9,13H,5,7-8H2,1-2H3. The minimum atomic E-state index is 0.186. The fourth-order valence-electron chi connectivity index (χ4n) is 1.22. The maximum atomic E-state index is 8.48. The summed E-state index contributed by atoms with van der Waals surface area (Å²) in [5, 5.41) is 11.7. The van der Waals surface area contributed by atoms with E-state index in [1.807, 2.05) is 19.1 Å². The van der Waals surface area contributed by atoms with Crippen molar-refractivity contribution in [1.29, 1.82) is 5.26 Å². The molecule has 1 heterocycles. The summed E-state index contributed by atoms with van der Waals surface area (Å²) in [5.41, 5.74) is 0. The molecule has 0 bridgehead atoms. The van der Waals surface area contributed by atoms with Crippen LogP contribution in [0.3, 0.4) is 0 Å². The first-order valence-corrected chi connectivity index (χ1v) is 4.93. The zero-order chi connectivity index (χ0) is 11.1. The zero-order valence-electron chi connectivity index (χ0n) is 9.12. The van der Waals surface area contributed by atoms with Crippen LogP contribution in [0, 0.1) is 11.3 Å². The third kappa shape index (κ3) is 4.15. The molecule has 4 heteroatoms. The Labute approximate surface area is 89.8 Å². The lowest BCUT2D eigenvalue weighted by atomic mass is 10.2. The second-order valence-electron chi connectivity index (χ2n) is 3.45. The van der Waals surface area contributed by atoms with E-state index in [0.29, 0.717) is 19.6 Å². The van der Waals surface area contributed by atoms with Gasteiger partial charge in [0.05, 0.1) is 19.0 Å². The lowest BCUT2D eigenvalue weighted by molar-refractivity contribution is 0.162. The van der Waals surface area contributed by atoms with Crippen molar-refractivity contribution in [3.63, 3.8) is 0 Å². The highest BCUT2D eigenvalue weighted by Crippen LogP contribution is 2.08. The molecule has 0 amide bonds. The Hall–Kier alpha value is -1.31. The first kappa shape index (κ1) is 11.8. The van der Waals surface area contributed by atoms with Crippen LogP contribution in [0.15, 0.2) is 16.5 Å². The summed E-state index contributed by atoms with van der Waals surface area (Å²) in [5.74, 6) is 1.69. The van der Waals surface area contributed by atoms with Gasteiger partial charge in [0.25, 0.3) is 0 Å². The van der Waals surface area contributed by atoms with E-state index in [1.54, 1.807) is 7.11 Å². The predicted molar refractivity (Wildman–Crippen MR) is 56.0 cm³/mol. The summed E-state index contributed by atoms with van der Waals surface area (Å²) in [6.45, 7) is 3.11. The van der Waals surface area contributed by atoms with Crippen LogP contribution in [-0.4, -0.2) is 13.2 Å². The van der Waals surface area contributed by atoms with Gasteiger partial charge >= 0.3 is 0 Å². The molecule has 0 saturated heterocycles. The smallest absolute Gasteiger partial charge is 0.129 e. The summed E-state index contributed by atoms with van der Waals surface area (Å²) in [6.07, 6.45) is 0.506. The minimum Gasteiger partial charge on any atom is -0.462 e. The molecule has 0 aliphatic carbocycles. The Morgan fingerprint density at radius 2 is 2.27 bits per heavy atom. The lowest BCUT2D eigenvalue weighted by Crippen LogP contribution is -2.24. The fraction of sp³-hybridized carbons (Fsp3) is 0.545. The average Bonchev–Trinajstić information content (AvgIpc) is 2.64. The number of hydrogen-bond donors (Lipinski definition) is 1. The molecule has 4 nitrogen and oxygen atoms in total. The van der Waals surface area contributed by atoms with Crippen molar-refractivity contribution in [3.8, 4) is 6.07 Å². The van der Waals surface area contributed by atoms with E-state index in [4.69, 9.17) is 14.4 Å². The molecular weight excluding hydrogens is 192 g/mol. The predicted octanol–water partition coefficient (Wildman–Crippen LogP) is 1.82. The van der Waals surface area contributed by atoms with Crippen molar-refractivity contribution in [2.75, 3.05) is 7.11 Å². The second kappa shape index (κ2) is 6.23.